The fourth-order valence-electron chi connectivity index (χ4n) is 5.00. The maximum absolute atomic E-state index is 12.8. The minimum atomic E-state index is 0.259. The van der Waals surface area contributed by atoms with E-state index in [1.54, 1.807) is 0 Å². The molecule has 3 aliphatic rings. The van der Waals surface area contributed by atoms with Crippen molar-refractivity contribution in [1.82, 2.24) is 9.80 Å². The van der Waals surface area contributed by atoms with Crippen molar-refractivity contribution in [3.63, 3.8) is 0 Å². The number of benzene rings is 2. The smallest absolute Gasteiger partial charge is 0.231 e. The molecular formula is C25H27ClN2O3. The van der Waals surface area contributed by atoms with E-state index in [0.29, 0.717) is 24.9 Å². The van der Waals surface area contributed by atoms with Crippen molar-refractivity contribution >= 4 is 23.6 Å². The van der Waals surface area contributed by atoms with Crippen molar-refractivity contribution < 1.29 is 14.3 Å². The lowest BCUT2D eigenvalue weighted by Gasteiger charge is -2.47. The van der Waals surface area contributed by atoms with Crippen LogP contribution in [0.5, 0.6) is 11.5 Å². The lowest BCUT2D eigenvalue weighted by Crippen LogP contribution is -2.55. The predicted molar refractivity (Wildman–Crippen MR) is 121 cm³/mol. The fourth-order valence-corrected chi connectivity index (χ4v) is 5.30. The molecule has 5 nitrogen and oxygen atoms in total. The first-order chi connectivity index (χ1) is 15.2. The van der Waals surface area contributed by atoms with Gasteiger partial charge in [0.1, 0.15) is 0 Å². The molecule has 6 heteroatoms. The number of piperidine rings is 2. The van der Waals surface area contributed by atoms with Gasteiger partial charge in [-0.1, -0.05) is 48.0 Å². The Morgan fingerprint density at radius 1 is 1.10 bits per heavy atom. The van der Waals surface area contributed by atoms with Gasteiger partial charge in [-0.2, -0.15) is 0 Å². The Hall–Kier alpha value is -2.50. The number of carbonyl (C=O) groups excluding carboxylic acids is 1. The summed E-state index contributed by atoms with van der Waals surface area (Å²) in [7, 11) is 0. The Labute approximate surface area is 188 Å². The summed E-state index contributed by atoms with van der Waals surface area (Å²) in [6.45, 7) is 3.59. The molecule has 2 aromatic carbocycles. The lowest BCUT2D eigenvalue weighted by molar-refractivity contribution is -0.141. The summed E-state index contributed by atoms with van der Waals surface area (Å²) in [5.74, 6) is 2.30. The van der Waals surface area contributed by atoms with Crippen LogP contribution in [0.25, 0.3) is 6.08 Å². The van der Waals surface area contributed by atoms with Crippen LogP contribution >= 0.6 is 11.6 Å². The molecule has 31 heavy (non-hydrogen) atoms. The van der Waals surface area contributed by atoms with Gasteiger partial charge in [0.25, 0.3) is 0 Å². The van der Waals surface area contributed by atoms with E-state index in [-0.39, 0.29) is 12.7 Å². The fraction of sp³-hybridized carbons (Fsp3) is 0.400. The molecule has 0 aromatic heterocycles. The molecule has 2 aromatic rings. The normalized spacial score (nSPS) is 23.7. The summed E-state index contributed by atoms with van der Waals surface area (Å²) < 4.78 is 10.9. The Balaban J connectivity index is 1.23. The van der Waals surface area contributed by atoms with Crippen molar-refractivity contribution in [2.75, 3.05) is 26.4 Å². The van der Waals surface area contributed by atoms with Crippen LogP contribution in [0.3, 0.4) is 0 Å². The molecular weight excluding hydrogens is 412 g/mol. The van der Waals surface area contributed by atoms with Crippen molar-refractivity contribution in [2.45, 2.75) is 31.8 Å². The van der Waals surface area contributed by atoms with Gasteiger partial charge in [0.05, 0.1) is 0 Å². The SMILES string of the molecule is O=C1CC[C@@H]2CN(CC(Cl)=Cc3ccccc3)CC[C@@H]2N1Cc1ccc2c(c1)OCO2. The highest BCUT2D eigenvalue weighted by atomic mass is 35.5. The summed E-state index contributed by atoms with van der Waals surface area (Å²) in [6, 6.07) is 16.5. The monoisotopic (exact) mass is 438 g/mol. The molecule has 5 rings (SSSR count). The first-order valence-corrected chi connectivity index (χ1v) is 11.3. The standard InChI is InChI=1S/C25H27ClN2O3/c26-21(12-18-4-2-1-3-5-18)16-27-11-10-22-20(15-27)7-9-25(29)28(22)14-19-6-8-23-24(13-19)31-17-30-23/h1-6,8,12-13,20,22H,7,9-11,14-17H2/t20-,22+/m1/s1. The minimum absolute atomic E-state index is 0.259. The van der Waals surface area contributed by atoms with Crippen molar-refractivity contribution in [2.24, 2.45) is 5.92 Å². The summed E-state index contributed by atoms with van der Waals surface area (Å²) in [4.78, 5) is 17.3. The average Bonchev–Trinajstić information content (AvgIpc) is 3.24. The highest BCUT2D eigenvalue weighted by Crippen LogP contribution is 2.36. The molecule has 2 atom stereocenters. The maximum atomic E-state index is 12.8. The summed E-state index contributed by atoms with van der Waals surface area (Å²) in [5, 5.41) is 0.855. The maximum Gasteiger partial charge on any atom is 0.231 e. The molecule has 0 saturated carbocycles. The van der Waals surface area contributed by atoms with Crippen LogP contribution < -0.4 is 9.47 Å². The van der Waals surface area contributed by atoms with E-state index in [2.05, 4.69) is 21.9 Å². The number of hydrogen-bond donors (Lipinski definition) is 0. The number of halogens is 1. The number of ether oxygens (including phenoxy) is 2. The van der Waals surface area contributed by atoms with Crippen LogP contribution in [0.4, 0.5) is 0 Å². The molecule has 0 aliphatic carbocycles. The van der Waals surface area contributed by atoms with Crippen molar-refractivity contribution in [3.8, 4) is 11.5 Å². The summed E-state index contributed by atoms with van der Waals surface area (Å²) in [5.41, 5.74) is 2.22. The van der Waals surface area contributed by atoms with Crippen LogP contribution in [-0.4, -0.2) is 48.2 Å². The van der Waals surface area contributed by atoms with Gasteiger partial charge in [-0.05, 0) is 48.1 Å². The highest BCUT2D eigenvalue weighted by Gasteiger charge is 2.39. The zero-order chi connectivity index (χ0) is 21.2. The van der Waals surface area contributed by atoms with Crippen LogP contribution in [-0.2, 0) is 11.3 Å². The van der Waals surface area contributed by atoms with Gasteiger partial charge in [-0.15, -0.1) is 0 Å². The number of amides is 1. The second kappa shape index (κ2) is 8.93. The molecule has 0 N–H and O–H groups in total. The van der Waals surface area contributed by atoms with Gasteiger partial charge in [-0.3, -0.25) is 9.69 Å². The van der Waals surface area contributed by atoms with Gasteiger partial charge in [0.15, 0.2) is 11.5 Å². The highest BCUT2D eigenvalue weighted by molar-refractivity contribution is 6.31. The minimum Gasteiger partial charge on any atom is -0.454 e. The largest absolute Gasteiger partial charge is 0.454 e. The second-order valence-corrected chi connectivity index (χ2v) is 9.09. The molecule has 2 saturated heterocycles. The van der Waals surface area contributed by atoms with Crippen LogP contribution in [0, 0.1) is 5.92 Å². The van der Waals surface area contributed by atoms with Crippen molar-refractivity contribution in [3.05, 3.63) is 64.7 Å². The molecule has 3 heterocycles. The second-order valence-electron chi connectivity index (χ2n) is 8.60. The average molecular weight is 439 g/mol. The van der Waals surface area contributed by atoms with Crippen LogP contribution in [0.1, 0.15) is 30.4 Å². The van der Waals surface area contributed by atoms with Gasteiger partial charge in [0, 0.05) is 43.7 Å². The Kier molecular flexibility index (Phi) is 5.88. The number of hydrogen-bond acceptors (Lipinski definition) is 4. The topological polar surface area (TPSA) is 42.0 Å². The quantitative estimate of drug-likeness (QED) is 0.688. The molecule has 2 fully saturated rings. The zero-order valence-electron chi connectivity index (χ0n) is 17.5. The third kappa shape index (κ3) is 4.58. The van der Waals surface area contributed by atoms with Crippen LogP contribution in [0.15, 0.2) is 53.6 Å². The van der Waals surface area contributed by atoms with Gasteiger partial charge < -0.3 is 14.4 Å². The van der Waals surface area contributed by atoms with E-state index in [0.717, 1.165) is 60.1 Å². The Morgan fingerprint density at radius 3 is 2.81 bits per heavy atom. The van der Waals surface area contributed by atoms with Crippen LogP contribution in [0.2, 0.25) is 0 Å². The Bertz CT molecular complexity index is 978. The third-order valence-corrected chi connectivity index (χ3v) is 6.74. The van der Waals surface area contributed by atoms with E-state index in [1.165, 1.54) is 0 Å². The first-order valence-electron chi connectivity index (χ1n) is 11.0. The van der Waals surface area contributed by atoms with E-state index in [4.69, 9.17) is 21.1 Å². The zero-order valence-corrected chi connectivity index (χ0v) is 18.3. The molecule has 162 valence electrons. The van der Waals surface area contributed by atoms with E-state index >= 15 is 0 Å². The molecule has 1 amide bonds. The molecule has 3 aliphatic heterocycles. The Morgan fingerprint density at radius 2 is 1.94 bits per heavy atom. The predicted octanol–water partition coefficient (Wildman–Crippen LogP) is 4.51. The van der Waals surface area contributed by atoms with Gasteiger partial charge >= 0.3 is 0 Å². The molecule has 0 unspecified atom stereocenters. The molecule has 0 radical (unpaired) electrons. The van der Waals surface area contributed by atoms with Crippen molar-refractivity contribution in [1.29, 1.82) is 0 Å². The third-order valence-electron chi connectivity index (χ3n) is 6.52. The first kappa shape index (κ1) is 20.4. The lowest BCUT2D eigenvalue weighted by atomic mass is 9.83. The number of likely N-dealkylation sites (tertiary alicyclic amines) is 2. The number of carbonyl (C=O) groups is 1. The van der Waals surface area contributed by atoms with E-state index in [1.807, 2.05) is 42.5 Å². The summed E-state index contributed by atoms with van der Waals surface area (Å²) in [6.07, 6.45) is 4.60. The van der Waals surface area contributed by atoms with Gasteiger partial charge in [-0.25, -0.2) is 0 Å². The molecule has 0 bridgehead atoms. The van der Waals surface area contributed by atoms with Gasteiger partial charge in [0.2, 0.25) is 12.7 Å². The van der Waals surface area contributed by atoms with E-state index in [9.17, 15) is 4.79 Å². The number of rotatable bonds is 5. The van der Waals surface area contributed by atoms with E-state index < -0.39 is 0 Å². The summed E-state index contributed by atoms with van der Waals surface area (Å²) >= 11 is 6.56. The number of fused-ring (bicyclic) bond motifs is 2. The molecule has 0 spiro atoms. The number of nitrogens with zero attached hydrogens (tertiary/aromatic N) is 2.